The van der Waals surface area contributed by atoms with Gasteiger partial charge in [-0.15, -0.1) is 0 Å². The molecule has 1 fully saturated rings. The zero-order valence-electron chi connectivity index (χ0n) is 14.9. The Morgan fingerprint density at radius 1 is 1.04 bits per heavy atom. The Kier molecular flexibility index (Phi) is 7.06. The van der Waals surface area contributed by atoms with Gasteiger partial charge in [0.05, 0.1) is 18.8 Å². The lowest BCUT2D eigenvalue weighted by atomic mass is 10.1. The van der Waals surface area contributed by atoms with Gasteiger partial charge >= 0.3 is 0 Å². The monoisotopic (exact) mass is 373 g/mol. The van der Waals surface area contributed by atoms with E-state index in [0.717, 1.165) is 36.6 Å². The molecule has 3 rings (SSSR count). The maximum Gasteiger partial charge on any atom is 0.137 e. The van der Waals surface area contributed by atoms with E-state index in [1.807, 2.05) is 48.5 Å². The molecule has 1 aliphatic heterocycles. The summed E-state index contributed by atoms with van der Waals surface area (Å²) < 4.78 is 5.71. The second-order valence-corrected chi connectivity index (χ2v) is 7.22. The maximum atomic E-state index is 10.2. The second kappa shape index (κ2) is 9.72. The summed E-state index contributed by atoms with van der Waals surface area (Å²) in [4.78, 5) is 5.93. The van der Waals surface area contributed by atoms with Gasteiger partial charge in [0, 0.05) is 11.2 Å². The number of nitrogens with zero attached hydrogens (tertiary/aromatic N) is 1. The molecule has 0 amide bonds. The summed E-state index contributed by atoms with van der Waals surface area (Å²) in [5.74, 6) is 0.753. The third-order valence-corrected chi connectivity index (χ3v) is 4.85. The Morgan fingerprint density at radius 3 is 2.42 bits per heavy atom. The van der Waals surface area contributed by atoms with E-state index in [4.69, 9.17) is 16.3 Å². The molecule has 0 saturated carbocycles. The molecule has 1 atom stereocenters. The summed E-state index contributed by atoms with van der Waals surface area (Å²) in [6.45, 7) is 3.43. The van der Waals surface area contributed by atoms with Crippen molar-refractivity contribution in [3.63, 3.8) is 0 Å². The fourth-order valence-electron chi connectivity index (χ4n) is 3.17. The van der Waals surface area contributed by atoms with E-state index in [0.29, 0.717) is 11.6 Å². The van der Waals surface area contributed by atoms with Crippen molar-refractivity contribution in [2.45, 2.75) is 25.4 Å². The van der Waals surface area contributed by atoms with Gasteiger partial charge in [-0.05, 0) is 61.2 Å². The van der Waals surface area contributed by atoms with Crippen LogP contribution in [-0.4, -0.2) is 43.7 Å². The standard InChI is InChI=1S/C21H25ClN2O2/c22-18-6-4-17(5-7-18)14-23-19-8-10-21(11-9-19)26-16-20(25)15-24-12-2-1-3-13-24/h4-11,14,20,25H,1-3,12-13,15-16H2/p+1/t20-/m1/s1. The number of piperidine rings is 1. The lowest BCUT2D eigenvalue weighted by Crippen LogP contribution is -3.14. The van der Waals surface area contributed by atoms with Crippen molar-refractivity contribution in [1.82, 2.24) is 0 Å². The first-order chi connectivity index (χ1) is 12.7. The van der Waals surface area contributed by atoms with E-state index in [2.05, 4.69) is 4.99 Å². The van der Waals surface area contributed by atoms with Gasteiger partial charge in [0.15, 0.2) is 0 Å². The molecule has 0 spiro atoms. The minimum Gasteiger partial charge on any atom is -0.491 e. The highest BCUT2D eigenvalue weighted by Crippen LogP contribution is 2.18. The van der Waals surface area contributed by atoms with Crippen molar-refractivity contribution < 1.29 is 14.7 Å². The van der Waals surface area contributed by atoms with Crippen LogP contribution in [-0.2, 0) is 0 Å². The number of aliphatic hydroxyl groups excluding tert-OH is 1. The van der Waals surface area contributed by atoms with Gasteiger partial charge in [-0.25, -0.2) is 0 Å². The minimum absolute atomic E-state index is 0.330. The Bertz CT molecular complexity index is 695. The SMILES string of the molecule is O[C@@H](COc1ccc(N=Cc2ccc(Cl)cc2)cc1)C[NH+]1CCCCC1. The molecule has 0 bridgehead atoms. The predicted octanol–water partition coefficient (Wildman–Crippen LogP) is 2.90. The topological polar surface area (TPSA) is 46.3 Å². The number of aliphatic imine (C=N–C) groups is 1. The van der Waals surface area contributed by atoms with E-state index >= 15 is 0 Å². The molecule has 0 radical (unpaired) electrons. The molecule has 0 aliphatic carbocycles. The van der Waals surface area contributed by atoms with Crippen molar-refractivity contribution in [3.8, 4) is 5.75 Å². The molecule has 1 heterocycles. The number of aliphatic hydroxyl groups is 1. The van der Waals surface area contributed by atoms with Crippen molar-refractivity contribution in [3.05, 3.63) is 59.1 Å². The quantitative estimate of drug-likeness (QED) is 0.733. The van der Waals surface area contributed by atoms with Crippen LogP contribution in [0.2, 0.25) is 5.02 Å². The number of rotatable bonds is 7. The van der Waals surface area contributed by atoms with Crippen molar-refractivity contribution in [1.29, 1.82) is 0 Å². The molecule has 2 aromatic carbocycles. The van der Waals surface area contributed by atoms with Crippen LogP contribution in [0.5, 0.6) is 5.75 Å². The molecule has 138 valence electrons. The molecule has 0 aromatic heterocycles. The number of hydrogen-bond acceptors (Lipinski definition) is 3. The average molecular weight is 374 g/mol. The van der Waals surface area contributed by atoms with Crippen LogP contribution in [0, 0.1) is 0 Å². The average Bonchev–Trinajstić information content (AvgIpc) is 2.67. The number of likely N-dealkylation sites (tertiary alicyclic amines) is 1. The van der Waals surface area contributed by atoms with Gasteiger partial charge in [0.25, 0.3) is 0 Å². The van der Waals surface area contributed by atoms with E-state index in [-0.39, 0.29) is 0 Å². The van der Waals surface area contributed by atoms with Gasteiger partial charge < -0.3 is 14.7 Å². The molecular weight excluding hydrogens is 348 g/mol. The lowest BCUT2D eigenvalue weighted by molar-refractivity contribution is -0.908. The normalized spacial score (nSPS) is 16.7. The summed E-state index contributed by atoms with van der Waals surface area (Å²) in [6, 6.07) is 15.1. The third-order valence-electron chi connectivity index (χ3n) is 4.60. The highest BCUT2D eigenvalue weighted by Gasteiger charge is 2.18. The number of ether oxygens (including phenoxy) is 1. The summed E-state index contributed by atoms with van der Waals surface area (Å²) in [5.41, 5.74) is 1.85. The molecule has 2 aromatic rings. The van der Waals surface area contributed by atoms with Crippen molar-refractivity contribution >= 4 is 23.5 Å². The Balaban J connectivity index is 1.45. The summed E-state index contributed by atoms with van der Waals surface area (Å²) in [7, 11) is 0. The van der Waals surface area contributed by atoms with Crippen LogP contribution in [0.3, 0.4) is 0 Å². The van der Waals surface area contributed by atoms with Gasteiger partial charge in [-0.1, -0.05) is 23.7 Å². The number of hydrogen-bond donors (Lipinski definition) is 2. The first-order valence-corrected chi connectivity index (χ1v) is 9.61. The van der Waals surface area contributed by atoms with Crippen molar-refractivity contribution in [2.24, 2.45) is 4.99 Å². The highest BCUT2D eigenvalue weighted by molar-refractivity contribution is 6.30. The van der Waals surface area contributed by atoms with E-state index in [9.17, 15) is 5.11 Å². The first-order valence-electron chi connectivity index (χ1n) is 9.23. The van der Waals surface area contributed by atoms with Crippen LogP contribution in [0.15, 0.2) is 53.5 Å². The zero-order chi connectivity index (χ0) is 18.2. The summed E-state index contributed by atoms with van der Waals surface area (Å²) >= 11 is 5.88. The minimum atomic E-state index is -0.425. The highest BCUT2D eigenvalue weighted by atomic mass is 35.5. The van der Waals surface area contributed by atoms with E-state index in [1.54, 1.807) is 6.21 Å². The third kappa shape index (κ3) is 6.13. The van der Waals surface area contributed by atoms with Gasteiger partial charge in [-0.3, -0.25) is 4.99 Å². The van der Waals surface area contributed by atoms with Crippen LogP contribution >= 0.6 is 11.6 Å². The molecule has 0 unspecified atom stereocenters. The van der Waals surface area contributed by atoms with Crippen molar-refractivity contribution in [2.75, 3.05) is 26.2 Å². The van der Waals surface area contributed by atoms with Crippen LogP contribution in [0.1, 0.15) is 24.8 Å². The molecule has 5 heteroatoms. The molecule has 4 nitrogen and oxygen atoms in total. The Morgan fingerprint density at radius 2 is 1.73 bits per heavy atom. The summed E-state index contributed by atoms with van der Waals surface area (Å²) in [6.07, 6.45) is 5.23. The number of nitrogens with one attached hydrogen (secondary N) is 1. The molecule has 26 heavy (non-hydrogen) atoms. The van der Waals surface area contributed by atoms with Crippen LogP contribution < -0.4 is 9.64 Å². The molecule has 1 saturated heterocycles. The van der Waals surface area contributed by atoms with Gasteiger partial charge in [-0.2, -0.15) is 0 Å². The van der Waals surface area contributed by atoms with Gasteiger partial charge in [0.2, 0.25) is 0 Å². The summed E-state index contributed by atoms with van der Waals surface area (Å²) in [5, 5.41) is 10.9. The second-order valence-electron chi connectivity index (χ2n) is 6.78. The smallest absolute Gasteiger partial charge is 0.137 e. The molecule has 2 N–H and O–H groups in total. The largest absolute Gasteiger partial charge is 0.491 e. The maximum absolute atomic E-state index is 10.2. The number of quaternary nitrogens is 1. The van der Waals surface area contributed by atoms with E-state index in [1.165, 1.54) is 24.2 Å². The molecular formula is C21H26ClN2O2+. The van der Waals surface area contributed by atoms with Crippen LogP contribution in [0.4, 0.5) is 5.69 Å². The predicted molar refractivity (Wildman–Crippen MR) is 106 cm³/mol. The van der Waals surface area contributed by atoms with Crippen LogP contribution in [0.25, 0.3) is 0 Å². The number of benzene rings is 2. The Hall–Kier alpha value is -1.88. The Labute approximate surface area is 160 Å². The zero-order valence-corrected chi connectivity index (χ0v) is 15.7. The molecule has 1 aliphatic rings. The number of halogens is 1. The fraction of sp³-hybridized carbons (Fsp3) is 0.381. The van der Waals surface area contributed by atoms with Gasteiger partial charge in [0.1, 0.15) is 25.0 Å². The lowest BCUT2D eigenvalue weighted by Gasteiger charge is -2.25. The first kappa shape index (κ1) is 18.9. The fourth-order valence-corrected chi connectivity index (χ4v) is 3.29. The van der Waals surface area contributed by atoms with E-state index < -0.39 is 6.10 Å².